The maximum atomic E-state index is 12.0. The quantitative estimate of drug-likeness (QED) is 0.721. The van der Waals surface area contributed by atoms with Crippen molar-refractivity contribution in [1.29, 1.82) is 0 Å². The highest BCUT2D eigenvalue weighted by molar-refractivity contribution is 5.91. The first-order chi connectivity index (χ1) is 6.77. The molecule has 1 N–H and O–H groups in total. The van der Waals surface area contributed by atoms with Crippen LogP contribution in [0.4, 0.5) is 0 Å². The lowest BCUT2D eigenvalue weighted by Gasteiger charge is -2.22. The van der Waals surface area contributed by atoms with Gasteiger partial charge in [0.05, 0.1) is 0 Å². The summed E-state index contributed by atoms with van der Waals surface area (Å²) < 4.78 is 0. The lowest BCUT2D eigenvalue weighted by Crippen LogP contribution is -2.26. The third-order valence-electron chi connectivity index (χ3n) is 3.39. The predicted molar refractivity (Wildman–Crippen MR) is 52.7 cm³/mol. The second-order valence-corrected chi connectivity index (χ2v) is 4.44. The van der Waals surface area contributed by atoms with Crippen LogP contribution in [0.15, 0.2) is 0 Å². The number of hydrogen-bond acceptors (Lipinski definition) is 2. The molecule has 1 unspecified atom stereocenters. The van der Waals surface area contributed by atoms with Crippen LogP contribution in [0.5, 0.6) is 0 Å². The largest absolute Gasteiger partial charge is 0.355 e. The lowest BCUT2D eigenvalue weighted by molar-refractivity contribution is -0.128. The van der Waals surface area contributed by atoms with Crippen LogP contribution in [0.3, 0.4) is 0 Å². The average Bonchev–Trinajstić information content (AvgIpc) is 2.65. The number of nitrogens with one attached hydrogen (secondary N) is 1. The molecule has 0 radical (unpaired) electrons. The van der Waals surface area contributed by atoms with E-state index in [4.69, 9.17) is 0 Å². The van der Waals surface area contributed by atoms with Crippen LogP contribution in [0.1, 0.15) is 38.5 Å². The molecule has 2 aliphatic rings. The molecule has 1 saturated heterocycles. The number of hydrogen-bond donors (Lipinski definition) is 1. The Morgan fingerprint density at radius 2 is 1.86 bits per heavy atom. The van der Waals surface area contributed by atoms with E-state index in [0.29, 0.717) is 18.7 Å². The van der Waals surface area contributed by atoms with Crippen molar-refractivity contribution in [2.75, 3.05) is 6.54 Å². The fraction of sp³-hybridized carbons (Fsp3) is 0.818. The summed E-state index contributed by atoms with van der Waals surface area (Å²) in [5.74, 6) is 0.606. The minimum atomic E-state index is -0.0226. The van der Waals surface area contributed by atoms with Crippen molar-refractivity contribution in [3.05, 3.63) is 0 Å². The maximum absolute atomic E-state index is 12.0. The summed E-state index contributed by atoms with van der Waals surface area (Å²) in [5, 5.41) is 2.73. The summed E-state index contributed by atoms with van der Waals surface area (Å²) >= 11 is 0. The van der Waals surface area contributed by atoms with Gasteiger partial charge in [-0.25, -0.2) is 0 Å². The summed E-state index contributed by atoms with van der Waals surface area (Å²) in [7, 11) is 0. The highest BCUT2D eigenvalue weighted by Crippen LogP contribution is 2.28. The van der Waals surface area contributed by atoms with Crippen LogP contribution >= 0.6 is 0 Å². The van der Waals surface area contributed by atoms with Crippen molar-refractivity contribution in [1.82, 2.24) is 5.32 Å². The molecule has 0 aromatic heterocycles. The molecule has 14 heavy (non-hydrogen) atoms. The van der Waals surface area contributed by atoms with E-state index in [1.54, 1.807) is 0 Å². The highest BCUT2D eigenvalue weighted by Gasteiger charge is 2.32. The first-order valence-electron chi connectivity index (χ1n) is 5.58. The molecule has 0 bridgehead atoms. The van der Waals surface area contributed by atoms with Gasteiger partial charge < -0.3 is 5.32 Å². The number of amides is 1. The minimum absolute atomic E-state index is 0.0226. The third-order valence-corrected chi connectivity index (χ3v) is 3.39. The van der Waals surface area contributed by atoms with Gasteiger partial charge >= 0.3 is 0 Å². The summed E-state index contributed by atoms with van der Waals surface area (Å²) in [4.78, 5) is 22.9. The van der Waals surface area contributed by atoms with Gasteiger partial charge in [0.1, 0.15) is 5.78 Å². The molecule has 3 nitrogen and oxygen atoms in total. The number of carbonyl (C=O) groups excluding carboxylic acids is 2. The van der Waals surface area contributed by atoms with Gasteiger partial charge in [0.2, 0.25) is 5.91 Å². The maximum Gasteiger partial charge on any atom is 0.220 e. The van der Waals surface area contributed by atoms with Gasteiger partial charge in [-0.1, -0.05) is 19.3 Å². The Morgan fingerprint density at radius 3 is 2.43 bits per heavy atom. The number of ketones is 1. The van der Waals surface area contributed by atoms with Gasteiger partial charge in [0, 0.05) is 24.8 Å². The van der Waals surface area contributed by atoms with Gasteiger partial charge in [-0.2, -0.15) is 0 Å². The average molecular weight is 195 g/mol. The van der Waals surface area contributed by atoms with Crippen molar-refractivity contribution >= 4 is 11.7 Å². The molecule has 1 amide bonds. The summed E-state index contributed by atoms with van der Waals surface area (Å²) in [5.41, 5.74) is 0. The number of carbonyl (C=O) groups is 2. The zero-order valence-corrected chi connectivity index (χ0v) is 8.42. The van der Waals surface area contributed by atoms with Crippen molar-refractivity contribution in [2.24, 2.45) is 11.8 Å². The van der Waals surface area contributed by atoms with E-state index < -0.39 is 0 Å². The summed E-state index contributed by atoms with van der Waals surface area (Å²) in [6, 6.07) is 0. The molecular weight excluding hydrogens is 178 g/mol. The molecule has 1 atom stereocenters. The summed E-state index contributed by atoms with van der Waals surface area (Å²) in [6.45, 7) is 0.578. The first kappa shape index (κ1) is 9.69. The zero-order valence-electron chi connectivity index (χ0n) is 8.42. The second kappa shape index (κ2) is 4.11. The molecule has 0 spiro atoms. The lowest BCUT2D eigenvalue weighted by atomic mass is 9.81. The van der Waals surface area contributed by atoms with Crippen LogP contribution in [0.25, 0.3) is 0 Å². The van der Waals surface area contributed by atoms with Gasteiger partial charge in [-0.15, -0.1) is 0 Å². The van der Waals surface area contributed by atoms with Crippen molar-refractivity contribution in [3.63, 3.8) is 0 Å². The van der Waals surface area contributed by atoms with Crippen molar-refractivity contribution in [3.8, 4) is 0 Å². The van der Waals surface area contributed by atoms with Crippen LogP contribution < -0.4 is 5.32 Å². The first-order valence-corrected chi connectivity index (χ1v) is 5.58. The third kappa shape index (κ3) is 1.97. The van der Waals surface area contributed by atoms with Crippen LogP contribution in [0, 0.1) is 11.8 Å². The Morgan fingerprint density at radius 1 is 1.14 bits per heavy atom. The standard InChI is InChI=1S/C11H17NO2/c13-10-6-9(7-12-10)11(14)8-4-2-1-3-5-8/h8-9H,1-7H2,(H,12,13). The molecule has 0 aromatic carbocycles. The van der Waals surface area contributed by atoms with E-state index in [2.05, 4.69) is 5.32 Å². The number of rotatable bonds is 2. The Balaban J connectivity index is 1.90. The van der Waals surface area contributed by atoms with Crippen molar-refractivity contribution < 1.29 is 9.59 Å². The molecule has 78 valence electrons. The molecule has 2 fully saturated rings. The molecule has 1 saturated carbocycles. The molecular formula is C11H17NO2. The molecule has 3 heteroatoms. The zero-order chi connectivity index (χ0) is 9.97. The van der Waals surface area contributed by atoms with E-state index in [0.717, 1.165) is 12.8 Å². The Kier molecular flexibility index (Phi) is 2.85. The van der Waals surface area contributed by atoms with Crippen LogP contribution in [0.2, 0.25) is 0 Å². The van der Waals surface area contributed by atoms with Gasteiger partial charge in [0.25, 0.3) is 0 Å². The Bertz CT molecular complexity index is 244. The molecule has 1 aliphatic carbocycles. The van der Waals surface area contributed by atoms with E-state index in [-0.39, 0.29) is 17.7 Å². The molecule has 0 aromatic rings. The second-order valence-electron chi connectivity index (χ2n) is 4.44. The smallest absolute Gasteiger partial charge is 0.220 e. The molecule has 2 rings (SSSR count). The molecule has 1 aliphatic heterocycles. The fourth-order valence-corrected chi connectivity index (χ4v) is 2.53. The topological polar surface area (TPSA) is 46.2 Å². The fourth-order valence-electron chi connectivity index (χ4n) is 2.53. The highest BCUT2D eigenvalue weighted by atomic mass is 16.2. The van der Waals surface area contributed by atoms with E-state index >= 15 is 0 Å². The summed E-state index contributed by atoms with van der Waals surface area (Å²) in [6.07, 6.45) is 6.16. The SMILES string of the molecule is O=C1CC(C(=O)C2CCCCC2)CN1. The van der Waals surface area contributed by atoms with Crippen LogP contribution in [-0.4, -0.2) is 18.2 Å². The van der Waals surface area contributed by atoms with Crippen molar-refractivity contribution in [2.45, 2.75) is 38.5 Å². The monoisotopic (exact) mass is 195 g/mol. The van der Waals surface area contributed by atoms with E-state index in [1.807, 2.05) is 0 Å². The normalized spacial score (nSPS) is 28.9. The number of Topliss-reactive ketones (excluding diaryl/α,β-unsaturated/α-hetero) is 1. The van der Waals surface area contributed by atoms with Crippen LogP contribution in [-0.2, 0) is 9.59 Å². The van der Waals surface area contributed by atoms with E-state index in [9.17, 15) is 9.59 Å². The van der Waals surface area contributed by atoms with E-state index in [1.165, 1.54) is 19.3 Å². The van der Waals surface area contributed by atoms with Gasteiger partial charge in [-0.3, -0.25) is 9.59 Å². The minimum Gasteiger partial charge on any atom is -0.355 e. The Hall–Kier alpha value is -0.860. The Labute approximate surface area is 84.2 Å². The van der Waals surface area contributed by atoms with Gasteiger partial charge in [-0.05, 0) is 12.8 Å². The predicted octanol–water partition coefficient (Wildman–Crippen LogP) is 1.27. The van der Waals surface area contributed by atoms with Gasteiger partial charge in [0.15, 0.2) is 0 Å². The molecule has 1 heterocycles.